The number of hydrogen-bond donors (Lipinski definition) is 1. The van der Waals surface area contributed by atoms with Gasteiger partial charge in [-0.2, -0.15) is 0 Å². The van der Waals surface area contributed by atoms with Crippen molar-refractivity contribution in [1.29, 1.82) is 0 Å². The maximum atomic E-state index is 11.8. The molecule has 1 aliphatic rings. The molecule has 1 saturated heterocycles. The van der Waals surface area contributed by atoms with Crippen LogP contribution in [-0.4, -0.2) is 42.1 Å². The van der Waals surface area contributed by atoms with Crippen LogP contribution in [0, 0.1) is 0 Å². The maximum Gasteiger partial charge on any atom is 0.224 e. The van der Waals surface area contributed by atoms with E-state index >= 15 is 0 Å². The average Bonchev–Trinajstić information content (AvgIpc) is 2.62. The topological polar surface area (TPSA) is 68.5 Å². The lowest BCUT2D eigenvalue weighted by Crippen LogP contribution is -2.35. The molecule has 0 aromatic carbocycles. The molecule has 0 spiro atoms. The van der Waals surface area contributed by atoms with Crippen molar-refractivity contribution in [2.24, 2.45) is 5.73 Å². The third-order valence-corrected chi connectivity index (χ3v) is 3.06. The zero-order valence-electron chi connectivity index (χ0n) is 9.87. The molecule has 1 aromatic heterocycles. The monoisotopic (exact) mass is 235 g/mol. The lowest BCUT2D eigenvalue weighted by molar-refractivity contribution is -0.129. The summed E-state index contributed by atoms with van der Waals surface area (Å²) in [5, 5.41) is 0. The van der Waals surface area contributed by atoms with Crippen molar-refractivity contribution < 1.29 is 9.53 Å². The Morgan fingerprint density at radius 3 is 2.88 bits per heavy atom. The van der Waals surface area contributed by atoms with E-state index in [1.54, 1.807) is 24.4 Å². The molecule has 0 aliphatic carbocycles. The van der Waals surface area contributed by atoms with E-state index in [1.807, 2.05) is 12.1 Å². The standard InChI is InChI=1S/C12H17N3O2/c1-17-7-6-15-11(16)8-10(13)12(15)9-2-4-14-5-3-9/h2-5,10,12H,6-8,13H2,1H3. The number of methoxy groups -OCH3 is 1. The minimum absolute atomic E-state index is 0.0550. The van der Waals surface area contributed by atoms with E-state index in [9.17, 15) is 4.79 Å². The molecule has 0 radical (unpaired) electrons. The van der Waals surface area contributed by atoms with Gasteiger partial charge in [0.1, 0.15) is 0 Å². The maximum absolute atomic E-state index is 11.8. The van der Waals surface area contributed by atoms with Gasteiger partial charge in [0.2, 0.25) is 5.91 Å². The van der Waals surface area contributed by atoms with Crippen molar-refractivity contribution in [3.8, 4) is 0 Å². The lowest BCUT2D eigenvalue weighted by Gasteiger charge is -2.26. The van der Waals surface area contributed by atoms with Crippen molar-refractivity contribution in [3.05, 3.63) is 30.1 Å². The number of carbonyl (C=O) groups excluding carboxylic acids is 1. The molecule has 2 heterocycles. The van der Waals surface area contributed by atoms with Gasteiger partial charge in [0, 0.05) is 38.5 Å². The average molecular weight is 235 g/mol. The van der Waals surface area contributed by atoms with Gasteiger partial charge in [-0.15, -0.1) is 0 Å². The summed E-state index contributed by atoms with van der Waals surface area (Å²) in [7, 11) is 1.63. The summed E-state index contributed by atoms with van der Waals surface area (Å²) in [5.74, 6) is 0.0939. The summed E-state index contributed by atoms with van der Waals surface area (Å²) < 4.78 is 5.02. The fraction of sp³-hybridized carbons (Fsp3) is 0.500. The van der Waals surface area contributed by atoms with Crippen LogP contribution in [0.2, 0.25) is 0 Å². The number of pyridine rings is 1. The van der Waals surface area contributed by atoms with Crippen molar-refractivity contribution in [2.75, 3.05) is 20.3 Å². The minimum atomic E-state index is -0.151. The van der Waals surface area contributed by atoms with Gasteiger partial charge in [0.25, 0.3) is 0 Å². The van der Waals surface area contributed by atoms with Gasteiger partial charge in [-0.05, 0) is 17.7 Å². The van der Waals surface area contributed by atoms with Crippen molar-refractivity contribution >= 4 is 5.91 Å². The fourth-order valence-corrected chi connectivity index (χ4v) is 2.26. The Hall–Kier alpha value is -1.46. The smallest absolute Gasteiger partial charge is 0.224 e. The van der Waals surface area contributed by atoms with E-state index in [0.29, 0.717) is 19.6 Å². The highest BCUT2D eigenvalue weighted by Crippen LogP contribution is 2.31. The Balaban J connectivity index is 2.20. The number of nitrogens with zero attached hydrogens (tertiary/aromatic N) is 2. The first kappa shape index (κ1) is 12.0. The van der Waals surface area contributed by atoms with E-state index in [0.717, 1.165) is 5.56 Å². The molecule has 0 bridgehead atoms. The number of ether oxygens (including phenoxy) is 1. The third-order valence-electron chi connectivity index (χ3n) is 3.06. The molecule has 0 saturated carbocycles. The molecule has 1 aliphatic heterocycles. The van der Waals surface area contributed by atoms with Crippen LogP contribution in [0.25, 0.3) is 0 Å². The van der Waals surface area contributed by atoms with Crippen LogP contribution < -0.4 is 5.73 Å². The Labute approximate surface area is 101 Å². The van der Waals surface area contributed by atoms with Gasteiger partial charge < -0.3 is 15.4 Å². The highest BCUT2D eigenvalue weighted by molar-refractivity contribution is 5.80. The molecule has 1 aromatic rings. The third kappa shape index (κ3) is 2.45. The molecule has 2 atom stereocenters. The number of amides is 1. The normalized spacial score (nSPS) is 24.4. The van der Waals surface area contributed by atoms with Gasteiger partial charge in [0.15, 0.2) is 0 Å². The zero-order chi connectivity index (χ0) is 12.3. The predicted octanol–water partition coefficient (Wildman–Crippen LogP) is 0.329. The van der Waals surface area contributed by atoms with Crippen LogP contribution in [0.1, 0.15) is 18.0 Å². The van der Waals surface area contributed by atoms with Crippen molar-refractivity contribution in [3.63, 3.8) is 0 Å². The highest BCUT2D eigenvalue weighted by atomic mass is 16.5. The molecule has 2 N–H and O–H groups in total. The molecule has 2 unspecified atom stereocenters. The first-order valence-corrected chi connectivity index (χ1v) is 5.68. The Kier molecular flexibility index (Phi) is 3.71. The number of likely N-dealkylation sites (tertiary alicyclic amines) is 1. The quantitative estimate of drug-likeness (QED) is 0.816. The van der Waals surface area contributed by atoms with Gasteiger partial charge in [-0.1, -0.05) is 0 Å². The largest absolute Gasteiger partial charge is 0.383 e. The van der Waals surface area contributed by atoms with Gasteiger partial charge >= 0.3 is 0 Å². The molecule has 2 rings (SSSR count). The number of rotatable bonds is 4. The summed E-state index contributed by atoms with van der Waals surface area (Å²) in [6, 6.07) is 3.61. The van der Waals surface area contributed by atoms with Crippen LogP contribution >= 0.6 is 0 Å². The Bertz CT molecular complexity index is 383. The second kappa shape index (κ2) is 5.25. The Morgan fingerprint density at radius 1 is 1.53 bits per heavy atom. The second-order valence-corrected chi connectivity index (χ2v) is 4.17. The molecule has 92 valence electrons. The molecule has 1 fully saturated rings. The van der Waals surface area contributed by atoms with Crippen LogP contribution in [0.3, 0.4) is 0 Å². The van der Waals surface area contributed by atoms with E-state index in [1.165, 1.54) is 0 Å². The number of hydrogen-bond acceptors (Lipinski definition) is 4. The molecule has 5 heteroatoms. The van der Waals surface area contributed by atoms with E-state index in [4.69, 9.17) is 10.5 Å². The van der Waals surface area contributed by atoms with Crippen LogP contribution in [0.5, 0.6) is 0 Å². The Morgan fingerprint density at radius 2 is 2.24 bits per heavy atom. The van der Waals surface area contributed by atoms with Crippen LogP contribution in [0.4, 0.5) is 0 Å². The second-order valence-electron chi connectivity index (χ2n) is 4.17. The van der Waals surface area contributed by atoms with Gasteiger partial charge in [-0.25, -0.2) is 0 Å². The van der Waals surface area contributed by atoms with Crippen molar-refractivity contribution in [1.82, 2.24) is 9.88 Å². The summed E-state index contributed by atoms with van der Waals surface area (Å²) in [5.41, 5.74) is 7.08. The van der Waals surface area contributed by atoms with E-state index < -0.39 is 0 Å². The molecular formula is C12H17N3O2. The van der Waals surface area contributed by atoms with E-state index in [-0.39, 0.29) is 18.0 Å². The lowest BCUT2D eigenvalue weighted by atomic mass is 10.0. The first-order valence-electron chi connectivity index (χ1n) is 5.68. The highest BCUT2D eigenvalue weighted by Gasteiger charge is 2.38. The van der Waals surface area contributed by atoms with Gasteiger partial charge in [-0.3, -0.25) is 9.78 Å². The summed E-state index contributed by atoms with van der Waals surface area (Å²) in [6.45, 7) is 1.11. The predicted molar refractivity (Wildman–Crippen MR) is 63.2 cm³/mol. The number of nitrogens with two attached hydrogens (primary N) is 1. The molecule has 1 amide bonds. The molecule has 17 heavy (non-hydrogen) atoms. The van der Waals surface area contributed by atoms with Gasteiger partial charge in [0.05, 0.1) is 12.6 Å². The van der Waals surface area contributed by atoms with Crippen LogP contribution in [0.15, 0.2) is 24.5 Å². The number of carbonyl (C=O) groups is 1. The summed E-state index contributed by atoms with van der Waals surface area (Å²) in [6.07, 6.45) is 3.84. The molecular weight excluding hydrogens is 218 g/mol. The molecule has 5 nitrogen and oxygen atoms in total. The fourth-order valence-electron chi connectivity index (χ4n) is 2.26. The van der Waals surface area contributed by atoms with E-state index in [2.05, 4.69) is 4.98 Å². The summed E-state index contributed by atoms with van der Waals surface area (Å²) >= 11 is 0. The summed E-state index contributed by atoms with van der Waals surface area (Å²) in [4.78, 5) is 17.6. The first-order chi connectivity index (χ1) is 8.24. The SMILES string of the molecule is COCCN1C(=O)CC(N)C1c1ccncc1. The van der Waals surface area contributed by atoms with Crippen molar-refractivity contribution in [2.45, 2.75) is 18.5 Å². The minimum Gasteiger partial charge on any atom is -0.383 e. The zero-order valence-corrected chi connectivity index (χ0v) is 9.87. The van der Waals surface area contributed by atoms with Crippen LogP contribution in [-0.2, 0) is 9.53 Å². The number of aromatic nitrogens is 1.